The van der Waals surface area contributed by atoms with Gasteiger partial charge in [-0.15, -0.1) is 0 Å². The summed E-state index contributed by atoms with van der Waals surface area (Å²) in [5.74, 6) is 1.40. The Morgan fingerprint density at radius 2 is 2.04 bits per heavy atom. The van der Waals surface area contributed by atoms with Gasteiger partial charge in [-0.2, -0.15) is 0 Å². The van der Waals surface area contributed by atoms with Gasteiger partial charge >= 0.3 is 0 Å². The van der Waals surface area contributed by atoms with Crippen LogP contribution in [0.15, 0.2) is 24.8 Å². The van der Waals surface area contributed by atoms with Crippen molar-refractivity contribution in [2.45, 2.75) is 79.1 Å². The zero-order valence-corrected chi connectivity index (χ0v) is 16.3. The molecule has 1 aliphatic carbocycles. The van der Waals surface area contributed by atoms with E-state index in [9.17, 15) is 0 Å². The molecule has 1 unspecified atom stereocenters. The van der Waals surface area contributed by atoms with Gasteiger partial charge in [0.05, 0.1) is 0 Å². The minimum Gasteiger partial charge on any atom is -0.0984 e. The number of hydrogen-bond donors (Lipinski definition) is 0. The molecule has 0 heteroatoms. The molecule has 0 spiro atoms. The van der Waals surface area contributed by atoms with Gasteiger partial charge < -0.3 is 0 Å². The molecule has 0 N–H and O–H groups in total. The molecule has 2 rings (SSSR count). The summed E-state index contributed by atoms with van der Waals surface area (Å²) in [6.07, 6.45) is 14.8. The minimum atomic E-state index is 0.689. The van der Waals surface area contributed by atoms with Gasteiger partial charge in [-0.3, -0.25) is 0 Å². The van der Waals surface area contributed by atoms with Crippen molar-refractivity contribution in [2.24, 2.45) is 11.8 Å². The first-order valence-corrected chi connectivity index (χ1v) is 10.0. The topological polar surface area (TPSA) is 0 Å². The highest BCUT2D eigenvalue weighted by Gasteiger charge is 2.18. The van der Waals surface area contributed by atoms with Crippen LogP contribution in [0.5, 0.6) is 0 Å². The minimum absolute atomic E-state index is 0.689. The van der Waals surface area contributed by atoms with E-state index in [1.807, 2.05) is 0 Å². The maximum absolute atomic E-state index is 4.14. The number of aryl methyl sites for hydroxylation is 1. The number of unbranched alkanes of at least 4 members (excludes halogenated alkanes) is 2. The normalized spacial score (nSPS) is 17.9. The monoisotopic (exact) mass is 324 g/mol. The fraction of sp³-hybridized carbons (Fsp3) is 0.583. The highest BCUT2D eigenvalue weighted by molar-refractivity contribution is 5.77. The molecule has 0 aromatic heterocycles. The molecule has 0 saturated carbocycles. The third-order valence-electron chi connectivity index (χ3n) is 5.14. The van der Waals surface area contributed by atoms with Gasteiger partial charge in [0.2, 0.25) is 0 Å². The second-order valence-corrected chi connectivity index (χ2v) is 8.04. The fourth-order valence-corrected chi connectivity index (χ4v) is 4.00. The Hall–Kier alpha value is -1.30. The van der Waals surface area contributed by atoms with Gasteiger partial charge in [-0.05, 0) is 78.2 Å². The van der Waals surface area contributed by atoms with Crippen molar-refractivity contribution in [3.8, 4) is 0 Å². The van der Waals surface area contributed by atoms with Gasteiger partial charge in [0.25, 0.3) is 0 Å². The van der Waals surface area contributed by atoms with Crippen molar-refractivity contribution in [1.82, 2.24) is 0 Å². The molecule has 0 saturated heterocycles. The molecule has 0 nitrogen and oxygen atoms in total. The SMILES string of the molecule is C=Cc1cc(CCCCC)cc(CC(C)C)c1C1=CC(C)CCC1. The quantitative estimate of drug-likeness (QED) is 0.435. The second-order valence-electron chi connectivity index (χ2n) is 8.04. The first-order chi connectivity index (χ1) is 11.5. The van der Waals surface area contributed by atoms with Crippen LogP contribution in [0.25, 0.3) is 11.6 Å². The summed E-state index contributed by atoms with van der Waals surface area (Å²) in [5.41, 5.74) is 7.49. The molecule has 0 heterocycles. The zero-order valence-electron chi connectivity index (χ0n) is 16.3. The van der Waals surface area contributed by atoms with E-state index in [1.165, 1.54) is 68.1 Å². The standard InChI is InChI=1S/C24H36/c1-6-8-9-12-20-16-21(7-2)24(23(17-20)14-18(3)4)22-13-10-11-19(5)15-22/h7,15-19H,2,6,8-14H2,1,3-5H3. The van der Waals surface area contributed by atoms with Crippen LogP contribution in [0.4, 0.5) is 0 Å². The molecule has 132 valence electrons. The Labute approximate surface area is 150 Å². The van der Waals surface area contributed by atoms with Gasteiger partial charge in [-0.25, -0.2) is 0 Å². The number of rotatable bonds is 8. The number of allylic oxidation sites excluding steroid dienone is 2. The summed E-state index contributed by atoms with van der Waals surface area (Å²) < 4.78 is 0. The van der Waals surface area contributed by atoms with Crippen LogP contribution >= 0.6 is 0 Å². The first-order valence-electron chi connectivity index (χ1n) is 10.0. The number of hydrogen-bond acceptors (Lipinski definition) is 0. The predicted molar refractivity (Wildman–Crippen MR) is 109 cm³/mol. The molecular formula is C24H36. The maximum Gasteiger partial charge on any atom is -0.0123 e. The third kappa shape index (κ3) is 5.10. The van der Waals surface area contributed by atoms with Gasteiger partial charge in [0, 0.05) is 0 Å². The molecule has 24 heavy (non-hydrogen) atoms. The highest BCUT2D eigenvalue weighted by atomic mass is 14.2. The predicted octanol–water partition coefficient (Wildman–Crippen LogP) is 7.46. The molecule has 0 aliphatic heterocycles. The maximum atomic E-state index is 4.14. The molecule has 0 radical (unpaired) electrons. The van der Waals surface area contributed by atoms with Crippen molar-refractivity contribution in [3.63, 3.8) is 0 Å². The largest absolute Gasteiger partial charge is 0.0984 e. The molecule has 1 aromatic rings. The van der Waals surface area contributed by atoms with Crippen LogP contribution in [0, 0.1) is 11.8 Å². The average Bonchev–Trinajstić information content (AvgIpc) is 2.54. The Kier molecular flexibility index (Phi) is 7.34. The van der Waals surface area contributed by atoms with E-state index in [1.54, 1.807) is 11.1 Å². The Balaban J connectivity index is 2.44. The first kappa shape index (κ1) is 19.0. The smallest absolute Gasteiger partial charge is 0.0123 e. The summed E-state index contributed by atoms with van der Waals surface area (Å²) in [6, 6.07) is 4.90. The van der Waals surface area contributed by atoms with Crippen molar-refractivity contribution >= 4 is 11.6 Å². The van der Waals surface area contributed by atoms with Crippen LogP contribution in [-0.2, 0) is 12.8 Å². The van der Waals surface area contributed by atoms with Gasteiger partial charge in [0.15, 0.2) is 0 Å². The second kappa shape index (κ2) is 9.25. The fourth-order valence-electron chi connectivity index (χ4n) is 4.00. The van der Waals surface area contributed by atoms with E-state index in [0.29, 0.717) is 11.8 Å². The van der Waals surface area contributed by atoms with Crippen molar-refractivity contribution < 1.29 is 0 Å². The molecule has 1 aliphatic rings. The Morgan fingerprint density at radius 1 is 1.25 bits per heavy atom. The lowest BCUT2D eigenvalue weighted by atomic mass is 9.81. The average molecular weight is 325 g/mol. The lowest BCUT2D eigenvalue weighted by molar-refractivity contribution is 0.591. The van der Waals surface area contributed by atoms with Crippen LogP contribution < -0.4 is 0 Å². The summed E-state index contributed by atoms with van der Waals surface area (Å²) in [5, 5.41) is 0. The van der Waals surface area contributed by atoms with Crippen LogP contribution in [-0.4, -0.2) is 0 Å². The van der Waals surface area contributed by atoms with E-state index in [2.05, 4.69) is 58.6 Å². The zero-order chi connectivity index (χ0) is 17.5. The van der Waals surface area contributed by atoms with E-state index < -0.39 is 0 Å². The Morgan fingerprint density at radius 3 is 2.67 bits per heavy atom. The van der Waals surface area contributed by atoms with Crippen molar-refractivity contribution in [1.29, 1.82) is 0 Å². The number of benzene rings is 1. The van der Waals surface area contributed by atoms with Crippen molar-refractivity contribution in [3.05, 3.63) is 47.0 Å². The van der Waals surface area contributed by atoms with Crippen LogP contribution in [0.1, 0.15) is 88.5 Å². The lowest BCUT2D eigenvalue weighted by Gasteiger charge is -2.24. The Bertz CT molecular complexity index is 574. The molecule has 0 bridgehead atoms. The van der Waals surface area contributed by atoms with E-state index in [4.69, 9.17) is 0 Å². The summed E-state index contributed by atoms with van der Waals surface area (Å²) >= 11 is 0. The van der Waals surface area contributed by atoms with Crippen molar-refractivity contribution in [2.75, 3.05) is 0 Å². The third-order valence-corrected chi connectivity index (χ3v) is 5.14. The molecule has 1 aromatic carbocycles. The molecule has 0 amide bonds. The van der Waals surface area contributed by atoms with E-state index in [-0.39, 0.29) is 0 Å². The molecular weight excluding hydrogens is 288 g/mol. The highest BCUT2D eigenvalue weighted by Crippen LogP contribution is 2.36. The van der Waals surface area contributed by atoms with E-state index >= 15 is 0 Å². The summed E-state index contributed by atoms with van der Waals surface area (Å²) in [4.78, 5) is 0. The molecule has 1 atom stereocenters. The molecule has 0 fully saturated rings. The van der Waals surface area contributed by atoms with Gasteiger partial charge in [0.1, 0.15) is 0 Å². The summed E-state index contributed by atoms with van der Waals surface area (Å²) in [7, 11) is 0. The summed E-state index contributed by atoms with van der Waals surface area (Å²) in [6.45, 7) is 13.4. The van der Waals surface area contributed by atoms with Gasteiger partial charge in [-0.1, -0.05) is 71.4 Å². The van der Waals surface area contributed by atoms with E-state index in [0.717, 1.165) is 0 Å². The van der Waals surface area contributed by atoms with Crippen LogP contribution in [0.3, 0.4) is 0 Å². The van der Waals surface area contributed by atoms with Crippen LogP contribution in [0.2, 0.25) is 0 Å². The lowest BCUT2D eigenvalue weighted by Crippen LogP contribution is -2.07.